The molecule has 0 aromatic rings. The Hall–Kier alpha value is -0.570. The molecule has 0 bridgehead atoms. The van der Waals surface area contributed by atoms with Gasteiger partial charge in [-0.1, -0.05) is 0 Å². The molecule has 1 amide bonds. The summed E-state index contributed by atoms with van der Waals surface area (Å²) in [5.41, 5.74) is -1.24. The van der Waals surface area contributed by atoms with E-state index in [4.69, 9.17) is 24.9 Å². The minimum atomic E-state index is -3.66. The maximum absolute atomic E-state index is 12.1. The Morgan fingerprint density at radius 3 is 2.73 bits per heavy atom. The molecule has 0 saturated carbocycles. The quantitative estimate of drug-likeness (QED) is 0.695. The van der Waals surface area contributed by atoms with Crippen LogP contribution >= 0.6 is 10.7 Å². The molecule has 2 rings (SSSR count). The molecule has 128 valence electrons. The fourth-order valence-electron chi connectivity index (χ4n) is 2.64. The summed E-state index contributed by atoms with van der Waals surface area (Å²) in [6, 6.07) is 0. The molecule has 7 nitrogen and oxygen atoms in total. The van der Waals surface area contributed by atoms with Gasteiger partial charge in [0.2, 0.25) is 9.05 Å². The SMILES string of the molecule is CC(C)(C)OC(=O)N1CCC2(COCC(CS(=O)(=O)Cl)O2)C1. The lowest BCUT2D eigenvalue weighted by Crippen LogP contribution is -2.51. The van der Waals surface area contributed by atoms with E-state index >= 15 is 0 Å². The maximum Gasteiger partial charge on any atom is 0.410 e. The van der Waals surface area contributed by atoms with Crippen LogP contribution in [0.5, 0.6) is 0 Å². The van der Waals surface area contributed by atoms with E-state index in [0.29, 0.717) is 26.1 Å². The van der Waals surface area contributed by atoms with Crippen molar-refractivity contribution in [2.45, 2.75) is 44.5 Å². The highest BCUT2D eigenvalue weighted by molar-refractivity contribution is 8.13. The second kappa shape index (κ2) is 6.14. The van der Waals surface area contributed by atoms with Crippen LogP contribution in [0.4, 0.5) is 4.79 Å². The Morgan fingerprint density at radius 2 is 2.14 bits per heavy atom. The number of hydrogen-bond acceptors (Lipinski definition) is 6. The van der Waals surface area contributed by atoms with Crippen LogP contribution in [0.2, 0.25) is 0 Å². The molecule has 0 radical (unpaired) electrons. The van der Waals surface area contributed by atoms with Crippen molar-refractivity contribution in [1.82, 2.24) is 4.90 Å². The van der Waals surface area contributed by atoms with Gasteiger partial charge in [0.15, 0.2) is 0 Å². The number of likely N-dealkylation sites (tertiary alicyclic amines) is 1. The maximum atomic E-state index is 12.1. The van der Waals surface area contributed by atoms with Gasteiger partial charge in [-0.25, -0.2) is 13.2 Å². The zero-order valence-electron chi connectivity index (χ0n) is 13.0. The smallest absolute Gasteiger partial charge is 0.410 e. The zero-order chi connectivity index (χ0) is 16.6. The molecule has 0 N–H and O–H groups in total. The first-order chi connectivity index (χ1) is 9.98. The van der Waals surface area contributed by atoms with E-state index in [9.17, 15) is 13.2 Å². The van der Waals surface area contributed by atoms with Gasteiger partial charge in [0, 0.05) is 17.2 Å². The van der Waals surface area contributed by atoms with E-state index in [0.717, 1.165) is 0 Å². The second-order valence-electron chi connectivity index (χ2n) is 6.80. The van der Waals surface area contributed by atoms with Gasteiger partial charge in [-0.2, -0.15) is 0 Å². The number of rotatable bonds is 2. The van der Waals surface area contributed by atoms with Crippen molar-refractivity contribution in [3.63, 3.8) is 0 Å². The summed E-state index contributed by atoms with van der Waals surface area (Å²) in [5.74, 6) is -0.303. The number of hydrogen-bond donors (Lipinski definition) is 0. The molecule has 0 aromatic heterocycles. The number of ether oxygens (including phenoxy) is 3. The first kappa shape index (κ1) is 17.8. The monoisotopic (exact) mass is 355 g/mol. The van der Waals surface area contributed by atoms with Crippen molar-refractivity contribution in [1.29, 1.82) is 0 Å². The fraction of sp³-hybridized carbons (Fsp3) is 0.923. The highest BCUT2D eigenvalue weighted by Crippen LogP contribution is 2.31. The summed E-state index contributed by atoms with van der Waals surface area (Å²) in [4.78, 5) is 13.6. The zero-order valence-corrected chi connectivity index (χ0v) is 14.6. The summed E-state index contributed by atoms with van der Waals surface area (Å²) >= 11 is 0. The van der Waals surface area contributed by atoms with Crippen molar-refractivity contribution in [2.24, 2.45) is 0 Å². The molecule has 2 unspecified atom stereocenters. The topological polar surface area (TPSA) is 82.1 Å². The largest absolute Gasteiger partial charge is 0.444 e. The molecule has 2 aliphatic heterocycles. The molecular weight excluding hydrogens is 334 g/mol. The van der Waals surface area contributed by atoms with Crippen LogP contribution in [0.3, 0.4) is 0 Å². The predicted octanol–water partition coefficient (Wildman–Crippen LogP) is 1.35. The van der Waals surface area contributed by atoms with Gasteiger partial charge in [-0.05, 0) is 27.2 Å². The number of nitrogens with zero attached hydrogens (tertiary/aromatic N) is 1. The van der Waals surface area contributed by atoms with Gasteiger partial charge in [0.1, 0.15) is 11.2 Å². The summed E-state index contributed by atoms with van der Waals surface area (Å²) < 4.78 is 39.0. The van der Waals surface area contributed by atoms with Crippen LogP contribution in [-0.2, 0) is 23.3 Å². The van der Waals surface area contributed by atoms with Crippen molar-refractivity contribution in [2.75, 3.05) is 32.1 Å². The normalized spacial score (nSPS) is 29.8. The lowest BCUT2D eigenvalue weighted by Gasteiger charge is -2.38. The van der Waals surface area contributed by atoms with Crippen LogP contribution < -0.4 is 0 Å². The molecule has 2 fully saturated rings. The van der Waals surface area contributed by atoms with Gasteiger partial charge in [-0.15, -0.1) is 0 Å². The van der Waals surface area contributed by atoms with Gasteiger partial charge in [-0.3, -0.25) is 0 Å². The summed E-state index contributed by atoms with van der Waals surface area (Å²) in [7, 11) is 1.60. The van der Waals surface area contributed by atoms with Crippen LogP contribution in [0.15, 0.2) is 0 Å². The highest BCUT2D eigenvalue weighted by Gasteiger charge is 2.46. The third-order valence-electron chi connectivity index (χ3n) is 3.44. The summed E-state index contributed by atoms with van der Waals surface area (Å²) in [6.45, 7) is 6.72. The van der Waals surface area contributed by atoms with E-state index in [-0.39, 0.29) is 12.4 Å². The predicted molar refractivity (Wildman–Crippen MR) is 80.5 cm³/mol. The molecule has 9 heteroatoms. The number of amides is 1. The molecule has 1 spiro atoms. The van der Waals surface area contributed by atoms with Crippen LogP contribution in [0.25, 0.3) is 0 Å². The van der Waals surface area contributed by atoms with E-state index in [2.05, 4.69) is 0 Å². The minimum Gasteiger partial charge on any atom is -0.444 e. The Morgan fingerprint density at radius 1 is 1.45 bits per heavy atom. The average molecular weight is 356 g/mol. The van der Waals surface area contributed by atoms with Crippen molar-refractivity contribution in [3.05, 3.63) is 0 Å². The van der Waals surface area contributed by atoms with Crippen molar-refractivity contribution >= 4 is 25.8 Å². The Bertz CT molecular complexity index is 531. The molecule has 2 atom stereocenters. The Labute approximate surface area is 135 Å². The Kier molecular flexibility index (Phi) is 4.97. The number of halogens is 1. The number of carbonyl (C=O) groups excluding carboxylic acids is 1. The molecule has 0 aliphatic carbocycles. The van der Waals surface area contributed by atoms with Crippen molar-refractivity contribution < 1.29 is 27.4 Å². The van der Waals surface area contributed by atoms with E-state index < -0.39 is 32.5 Å². The van der Waals surface area contributed by atoms with Gasteiger partial charge >= 0.3 is 6.09 Å². The second-order valence-corrected chi connectivity index (χ2v) is 9.62. The first-order valence-corrected chi connectivity index (χ1v) is 9.62. The van der Waals surface area contributed by atoms with Gasteiger partial charge in [0.05, 0.1) is 31.6 Å². The Balaban J connectivity index is 1.97. The third kappa shape index (κ3) is 4.97. The standard InChI is InChI=1S/C13H22ClNO6S/c1-12(2,3)21-11(16)15-5-4-13(8-15)9-19-6-10(20-13)7-22(14,17)18/h10H,4-9H2,1-3H3. The van der Waals surface area contributed by atoms with Crippen LogP contribution in [-0.4, -0.2) is 68.8 Å². The average Bonchev–Trinajstić information content (AvgIpc) is 2.68. The third-order valence-corrected chi connectivity index (χ3v) is 4.59. The molecular formula is C13H22ClNO6S. The van der Waals surface area contributed by atoms with Crippen molar-refractivity contribution in [3.8, 4) is 0 Å². The van der Waals surface area contributed by atoms with Crippen LogP contribution in [0.1, 0.15) is 27.2 Å². The first-order valence-electron chi connectivity index (χ1n) is 7.14. The summed E-state index contributed by atoms with van der Waals surface area (Å²) in [6.07, 6.45) is -0.444. The molecule has 0 aromatic carbocycles. The van der Waals surface area contributed by atoms with E-state index in [1.54, 1.807) is 25.7 Å². The highest BCUT2D eigenvalue weighted by atomic mass is 35.7. The fourth-order valence-corrected chi connectivity index (χ4v) is 3.67. The van der Waals surface area contributed by atoms with Gasteiger partial charge in [0.25, 0.3) is 0 Å². The molecule has 2 heterocycles. The lowest BCUT2D eigenvalue weighted by molar-refractivity contribution is -0.184. The molecule has 22 heavy (non-hydrogen) atoms. The van der Waals surface area contributed by atoms with E-state index in [1.807, 2.05) is 0 Å². The van der Waals surface area contributed by atoms with Gasteiger partial charge < -0.3 is 19.1 Å². The summed E-state index contributed by atoms with van der Waals surface area (Å²) in [5, 5.41) is 0. The molecule has 2 saturated heterocycles. The minimum absolute atomic E-state index is 0.181. The molecule has 2 aliphatic rings. The van der Waals surface area contributed by atoms with E-state index in [1.165, 1.54) is 0 Å². The van der Waals surface area contributed by atoms with Crippen LogP contribution in [0, 0.1) is 0 Å². The number of carbonyl (C=O) groups is 1. The lowest BCUT2D eigenvalue weighted by atomic mass is 10.0.